The molecule has 0 unspecified atom stereocenters. The standard InChI is InChI=1S/C17H9ClF8O4S/c18-16(23,24)14(19,20)15(21,22)17(25,26)31(28,29)12(9-11-7-4-8-30-11)13(27)10-5-2-1-3-6-10/h1-9H/b12-9-. The fourth-order valence-corrected chi connectivity index (χ4v) is 3.66. The molecular formula is C17H9ClF8O4S. The number of furan rings is 1. The molecule has 0 amide bonds. The van der Waals surface area contributed by atoms with Crippen molar-refractivity contribution in [3.05, 3.63) is 65.0 Å². The van der Waals surface area contributed by atoms with Crippen LogP contribution in [0.4, 0.5) is 35.1 Å². The van der Waals surface area contributed by atoms with Crippen LogP contribution >= 0.6 is 11.6 Å². The van der Waals surface area contributed by atoms with Crippen molar-refractivity contribution in [2.75, 3.05) is 0 Å². The van der Waals surface area contributed by atoms with Crippen LogP contribution in [-0.2, 0) is 9.84 Å². The highest BCUT2D eigenvalue weighted by atomic mass is 35.5. The van der Waals surface area contributed by atoms with Crippen molar-refractivity contribution in [3.63, 3.8) is 0 Å². The summed E-state index contributed by atoms with van der Waals surface area (Å²) in [5.74, 6) is -16.7. The van der Waals surface area contributed by atoms with Crippen LogP contribution in [-0.4, -0.2) is 36.7 Å². The maximum Gasteiger partial charge on any atom is 0.418 e. The summed E-state index contributed by atoms with van der Waals surface area (Å²) in [7, 11) is -7.03. The van der Waals surface area contributed by atoms with Crippen LogP contribution in [0.5, 0.6) is 0 Å². The molecule has 0 saturated carbocycles. The van der Waals surface area contributed by atoms with Crippen molar-refractivity contribution in [3.8, 4) is 0 Å². The number of allylic oxidation sites excluding steroid dienone is 1. The molecule has 0 aliphatic heterocycles. The zero-order valence-electron chi connectivity index (χ0n) is 14.6. The Kier molecular flexibility index (Phi) is 6.36. The number of carbonyl (C=O) groups is 1. The SMILES string of the molecule is O=C(/C(=C/c1ccco1)S(=O)(=O)C(F)(F)C(F)(F)C(F)(F)C(F)(F)Cl)c1ccccc1. The van der Waals surface area contributed by atoms with Crippen LogP contribution in [0.1, 0.15) is 16.1 Å². The lowest BCUT2D eigenvalue weighted by molar-refractivity contribution is -0.326. The summed E-state index contributed by atoms with van der Waals surface area (Å²) in [5.41, 5.74) is -0.613. The fourth-order valence-electron chi connectivity index (χ4n) is 2.17. The zero-order chi connectivity index (χ0) is 23.9. The predicted octanol–water partition coefficient (Wildman–Crippen LogP) is 5.61. The van der Waals surface area contributed by atoms with Crippen molar-refractivity contribution in [2.24, 2.45) is 0 Å². The van der Waals surface area contributed by atoms with E-state index in [0.29, 0.717) is 0 Å². The van der Waals surface area contributed by atoms with Crippen LogP contribution in [0.2, 0.25) is 0 Å². The summed E-state index contributed by atoms with van der Waals surface area (Å²) in [6.07, 6.45) is 0.962. The van der Waals surface area contributed by atoms with E-state index in [9.17, 15) is 48.3 Å². The third-order valence-corrected chi connectivity index (χ3v) is 5.87. The number of hydrogen-bond donors (Lipinski definition) is 0. The van der Waals surface area contributed by atoms with E-state index in [-0.39, 0.29) is 6.08 Å². The number of benzene rings is 1. The lowest BCUT2D eigenvalue weighted by atomic mass is 10.1. The van der Waals surface area contributed by atoms with Gasteiger partial charge in [-0.1, -0.05) is 30.3 Å². The van der Waals surface area contributed by atoms with Gasteiger partial charge in [0.15, 0.2) is 0 Å². The van der Waals surface area contributed by atoms with Crippen molar-refractivity contribution in [1.82, 2.24) is 0 Å². The molecular weight excluding hydrogens is 488 g/mol. The number of carbonyl (C=O) groups excluding carboxylic acids is 1. The van der Waals surface area contributed by atoms with Gasteiger partial charge in [0.25, 0.3) is 9.84 Å². The monoisotopic (exact) mass is 496 g/mol. The van der Waals surface area contributed by atoms with Gasteiger partial charge in [-0.25, -0.2) is 8.42 Å². The summed E-state index contributed by atoms with van der Waals surface area (Å²) in [6.45, 7) is 0. The minimum atomic E-state index is -7.23. The van der Waals surface area contributed by atoms with Crippen LogP contribution < -0.4 is 0 Å². The summed E-state index contributed by atoms with van der Waals surface area (Å²) in [6, 6.07) is 7.46. The molecule has 4 nitrogen and oxygen atoms in total. The van der Waals surface area contributed by atoms with Gasteiger partial charge in [0.05, 0.1) is 6.26 Å². The minimum absolute atomic E-state index is 0.0750. The Balaban J connectivity index is 2.74. The Labute approximate surface area is 174 Å². The van der Waals surface area contributed by atoms with Gasteiger partial charge < -0.3 is 4.42 Å². The second kappa shape index (κ2) is 7.93. The smallest absolute Gasteiger partial charge is 0.418 e. The highest BCUT2D eigenvalue weighted by Gasteiger charge is 2.84. The second-order valence-corrected chi connectivity index (χ2v) is 8.32. The Morgan fingerprint density at radius 2 is 1.42 bits per heavy atom. The van der Waals surface area contributed by atoms with E-state index in [4.69, 9.17) is 0 Å². The first-order valence-electron chi connectivity index (χ1n) is 7.78. The van der Waals surface area contributed by atoms with E-state index < -0.39 is 54.3 Å². The number of Topliss-reactive ketones (excluding diaryl/α,β-unsaturated/α-hetero) is 1. The van der Waals surface area contributed by atoms with Crippen molar-refractivity contribution >= 4 is 33.3 Å². The van der Waals surface area contributed by atoms with Crippen LogP contribution in [0.3, 0.4) is 0 Å². The Morgan fingerprint density at radius 1 is 0.871 bits per heavy atom. The molecule has 0 radical (unpaired) electrons. The maximum absolute atomic E-state index is 14.3. The average molecular weight is 497 g/mol. The molecule has 0 fully saturated rings. The molecule has 0 N–H and O–H groups in total. The Morgan fingerprint density at radius 3 is 1.87 bits per heavy atom. The number of halogens is 9. The van der Waals surface area contributed by atoms with Gasteiger partial charge in [-0.3, -0.25) is 4.79 Å². The molecule has 1 aromatic heterocycles. The van der Waals surface area contributed by atoms with Gasteiger partial charge in [-0.2, -0.15) is 35.1 Å². The van der Waals surface area contributed by atoms with E-state index in [2.05, 4.69) is 16.0 Å². The largest absolute Gasteiger partial charge is 0.465 e. The zero-order valence-corrected chi connectivity index (χ0v) is 16.2. The molecule has 14 heteroatoms. The molecule has 0 atom stereocenters. The second-order valence-electron chi connectivity index (χ2n) is 5.89. The lowest BCUT2D eigenvalue weighted by Gasteiger charge is -2.34. The average Bonchev–Trinajstić information content (AvgIpc) is 3.18. The van der Waals surface area contributed by atoms with Crippen molar-refractivity contribution in [2.45, 2.75) is 22.5 Å². The fraction of sp³-hybridized carbons (Fsp3) is 0.235. The van der Waals surface area contributed by atoms with E-state index in [0.717, 1.165) is 42.7 Å². The summed E-state index contributed by atoms with van der Waals surface area (Å²) in [4.78, 5) is 10.4. The first-order valence-corrected chi connectivity index (χ1v) is 9.64. The molecule has 0 aliphatic rings. The summed E-state index contributed by atoms with van der Waals surface area (Å²) >= 11 is 3.83. The third-order valence-electron chi connectivity index (χ3n) is 3.82. The topological polar surface area (TPSA) is 64.3 Å². The molecule has 0 aliphatic carbocycles. The summed E-state index contributed by atoms with van der Waals surface area (Å²) in [5, 5.41) is -13.2. The molecule has 1 heterocycles. The van der Waals surface area contributed by atoms with Gasteiger partial charge in [0.1, 0.15) is 10.7 Å². The van der Waals surface area contributed by atoms with Crippen molar-refractivity contribution < 1.29 is 52.8 Å². The van der Waals surface area contributed by atoms with E-state index >= 15 is 0 Å². The molecule has 0 spiro atoms. The van der Waals surface area contributed by atoms with Crippen LogP contribution in [0.25, 0.3) is 6.08 Å². The molecule has 1 aromatic carbocycles. The molecule has 2 aromatic rings. The van der Waals surface area contributed by atoms with Gasteiger partial charge in [-0.15, -0.1) is 0 Å². The molecule has 2 rings (SSSR count). The lowest BCUT2D eigenvalue weighted by Crippen LogP contribution is -2.63. The first-order chi connectivity index (χ1) is 14.0. The molecule has 31 heavy (non-hydrogen) atoms. The minimum Gasteiger partial charge on any atom is -0.465 e. The van der Waals surface area contributed by atoms with Crippen LogP contribution in [0, 0.1) is 0 Å². The molecule has 170 valence electrons. The summed E-state index contributed by atoms with van der Waals surface area (Å²) < 4.78 is 138. The Hall–Kier alpha value is -2.41. The predicted molar refractivity (Wildman–Crippen MR) is 92.0 cm³/mol. The van der Waals surface area contributed by atoms with Crippen LogP contribution in [0.15, 0.2) is 58.1 Å². The van der Waals surface area contributed by atoms with E-state index in [1.54, 1.807) is 0 Å². The third kappa shape index (κ3) is 4.07. The number of rotatable bonds is 8. The molecule has 0 bridgehead atoms. The van der Waals surface area contributed by atoms with Crippen molar-refractivity contribution in [1.29, 1.82) is 0 Å². The number of ketones is 1. The van der Waals surface area contributed by atoms with Gasteiger partial charge >= 0.3 is 22.5 Å². The normalized spacial score (nSPS) is 14.5. The van der Waals surface area contributed by atoms with E-state index in [1.807, 2.05) is 0 Å². The van der Waals surface area contributed by atoms with E-state index in [1.165, 1.54) is 6.07 Å². The van der Waals surface area contributed by atoms with Gasteiger partial charge in [-0.05, 0) is 23.7 Å². The number of alkyl halides is 9. The quantitative estimate of drug-likeness (QED) is 0.206. The number of sulfone groups is 1. The number of hydrogen-bond acceptors (Lipinski definition) is 4. The highest BCUT2D eigenvalue weighted by molar-refractivity contribution is 7.97. The van der Waals surface area contributed by atoms with Gasteiger partial charge in [0, 0.05) is 11.6 Å². The molecule has 0 saturated heterocycles. The Bertz CT molecular complexity index is 1080. The first kappa shape index (κ1) is 24.9. The maximum atomic E-state index is 14.3. The van der Waals surface area contributed by atoms with Gasteiger partial charge in [0.2, 0.25) is 5.78 Å². The highest BCUT2D eigenvalue weighted by Crippen LogP contribution is 2.56.